The van der Waals surface area contributed by atoms with Gasteiger partial charge in [0.25, 0.3) is 5.91 Å². The number of aromatic nitrogens is 3. The molecular formula is C83H104N12O12S3. The maximum atomic E-state index is 15.6. The molecule has 6 N–H and O–H groups in total. The third kappa shape index (κ3) is 19.0. The first-order chi connectivity index (χ1) is 52.0. The maximum absolute atomic E-state index is 15.6. The van der Waals surface area contributed by atoms with Crippen LogP contribution in [0.3, 0.4) is 0 Å². The van der Waals surface area contributed by atoms with Gasteiger partial charge in [-0.1, -0.05) is 162 Å². The number of amides is 9. The van der Waals surface area contributed by atoms with Crippen LogP contribution in [0.2, 0.25) is 0 Å². The predicted octanol–water partition coefficient (Wildman–Crippen LogP) is 10.3. The average Bonchev–Trinajstić information content (AvgIpc) is 1.88. The molecule has 1 unspecified atom stereocenters. The lowest BCUT2D eigenvalue weighted by Crippen LogP contribution is -2.59. The summed E-state index contributed by atoms with van der Waals surface area (Å²) >= 11 is 4.66. The molecule has 3 aromatic heterocycles. The van der Waals surface area contributed by atoms with Crippen LogP contribution < -0.4 is 31.3 Å². The average molecular weight is 1560 g/mol. The fourth-order valence-electron chi connectivity index (χ4n) is 14.8. The predicted molar refractivity (Wildman–Crippen MR) is 424 cm³/mol. The molecule has 10 atom stereocenters. The molecule has 0 saturated carbocycles. The van der Waals surface area contributed by atoms with Gasteiger partial charge in [0.15, 0.2) is 0 Å². The van der Waals surface area contributed by atoms with Crippen molar-refractivity contribution in [3.63, 3.8) is 0 Å². The smallest absolute Gasteiger partial charge is 0.255 e. The highest BCUT2D eigenvalue weighted by Gasteiger charge is 2.50. The Bertz CT molecular complexity index is 4520. The molecule has 11 rings (SSSR count). The van der Waals surface area contributed by atoms with Crippen LogP contribution in [0.1, 0.15) is 165 Å². The monoisotopic (exact) mass is 1560 g/mol. The largest absolute Gasteiger partial charge is 0.488 e. The Morgan fingerprint density at radius 2 is 1.01 bits per heavy atom. The molecular weight excluding hydrogens is 1450 g/mol. The Balaban J connectivity index is 0.774. The van der Waals surface area contributed by atoms with E-state index in [2.05, 4.69) is 48.5 Å². The van der Waals surface area contributed by atoms with Gasteiger partial charge in [-0.15, -0.1) is 34.0 Å². The first-order valence-corrected chi connectivity index (χ1v) is 40.5. The van der Waals surface area contributed by atoms with Crippen molar-refractivity contribution in [3.05, 3.63) is 152 Å². The minimum absolute atomic E-state index is 0.0138. The standard InChI is InChI=1S/C83H104N12O12S3/c1-16-62-70(110-45-89-62)55-27-21-52(22-28-55)38-85-74(99)64-34-59(106-47(4)31-66(97)90-71(81(7,8)9)78(103)92-40-57(96)32-63(92)73(98)84-36-50-17-23-53(24-18-50)68-48(5)87-43-108-68)41-93(64)77(102)67(46(2)3)95-39-56-29-30-58(33-61(56)76(95)101)107-60-35-65(94(42-60)79(104)72(82(10,11)12)91-80(105)83(13,14)15)75(100)86-37-51-19-25-54(26-20-51)69-49(6)88-44-109-69/h17-30,33,43-47,57,59-60,63-65,67,71-72,96H,16,31-32,34-42H2,1-15H3,(H,84,98)(H,85,99)(H,86,100)(H,90,97)(H,91,105)/t47?,57-,59-,60-,63+,64+,65+,67+,71-,72-/m1/s1. The molecule has 3 saturated heterocycles. The molecule has 7 aromatic rings. The van der Waals surface area contributed by atoms with E-state index in [0.717, 1.165) is 71.5 Å². The molecule has 0 spiro atoms. The van der Waals surface area contributed by atoms with E-state index in [1.165, 1.54) is 19.6 Å². The zero-order valence-electron chi connectivity index (χ0n) is 65.5. The van der Waals surface area contributed by atoms with Gasteiger partial charge in [-0.3, -0.25) is 43.2 Å². The number of nitrogens with zero attached hydrogens (tertiary/aromatic N) is 7. The molecule has 24 nitrogen and oxygen atoms in total. The highest BCUT2D eigenvalue weighted by molar-refractivity contribution is 7.14. The molecule has 586 valence electrons. The van der Waals surface area contributed by atoms with E-state index < -0.39 is 130 Å². The topological polar surface area (TPSA) is 304 Å². The van der Waals surface area contributed by atoms with E-state index in [1.807, 2.05) is 127 Å². The lowest BCUT2D eigenvalue weighted by molar-refractivity contribution is -0.145. The number of rotatable bonds is 26. The molecule has 9 amide bonds. The first-order valence-electron chi connectivity index (χ1n) is 37.8. The highest BCUT2D eigenvalue weighted by atomic mass is 32.1. The van der Waals surface area contributed by atoms with Crippen molar-refractivity contribution in [2.45, 2.75) is 223 Å². The number of hydrogen-bond donors (Lipinski definition) is 6. The van der Waals surface area contributed by atoms with Crippen LogP contribution in [0.4, 0.5) is 0 Å². The molecule has 110 heavy (non-hydrogen) atoms. The lowest BCUT2D eigenvalue weighted by Gasteiger charge is -2.36. The van der Waals surface area contributed by atoms with Crippen molar-refractivity contribution in [3.8, 4) is 37.1 Å². The number of thiazole rings is 3. The fraction of sp³-hybridized carbons (Fsp3) is 0.494. The van der Waals surface area contributed by atoms with Gasteiger partial charge in [0, 0.05) is 69.5 Å². The number of β-amino-alcohol motifs (C(OH)–C–C–N with tert-alkyl or cyclic N) is 1. The van der Waals surface area contributed by atoms with Gasteiger partial charge >= 0.3 is 0 Å². The van der Waals surface area contributed by atoms with E-state index in [4.69, 9.17) is 9.47 Å². The molecule has 0 aliphatic carbocycles. The van der Waals surface area contributed by atoms with Crippen molar-refractivity contribution >= 4 is 87.2 Å². The lowest BCUT2D eigenvalue weighted by atomic mass is 9.84. The summed E-state index contributed by atoms with van der Waals surface area (Å²) in [6.07, 6.45) is -2.56. The van der Waals surface area contributed by atoms with Crippen LogP contribution in [0.15, 0.2) is 108 Å². The Labute approximate surface area is 656 Å². The second kappa shape index (κ2) is 34.1. The second-order valence-corrected chi connectivity index (χ2v) is 35.5. The van der Waals surface area contributed by atoms with Gasteiger partial charge in [0.2, 0.25) is 47.3 Å². The van der Waals surface area contributed by atoms with Crippen molar-refractivity contribution in [1.29, 1.82) is 0 Å². The van der Waals surface area contributed by atoms with Crippen molar-refractivity contribution in [1.82, 2.24) is 61.1 Å². The summed E-state index contributed by atoms with van der Waals surface area (Å²) in [5.74, 6) is -4.18. The Hall–Kier alpha value is -9.28. The summed E-state index contributed by atoms with van der Waals surface area (Å²) in [4.78, 5) is 154. The number of likely N-dealkylation sites (tertiary alicyclic amines) is 3. The number of carbonyl (C=O) groups is 9. The fourth-order valence-corrected chi connectivity index (χ4v) is 17.3. The maximum Gasteiger partial charge on any atom is 0.255 e. The number of aliphatic hydroxyl groups excluding tert-OH is 1. The molecule has 27 heteroatoms. The van der Waals surface area contributed by atoms with Crippen molar-refractivity contribution < 1.29 is 57.7 Å². The van der Waals surface area contributed by atoms with E-state index in [0.29, 0.717) is 16.9 Å². The van der Waals surface area contributed by atoms with E-state index in [-0.39, 0.29) is 77.4 Å². The number of benzene rings is 4. The Kier molecular flexibility index (Phi) is 25.4. The van der Waals surface area contributed by atoms with Crippen LogP contribution in [0.25, 0.3) is 31.3 Å². The molecule has 0 bridgehead atoms. The summed E-state index contributed by atoms with van der Waals surface area (Å²) < 4.78 is 13.3. The second-order valence-electron chi connectivity index (χ2n) is 33.0. The van der Waals surface area contributed by atoms with E-state index >= 15 is 9.59 Å². The number of nitrogens with one attached hydrogen (secondary N) is 5. The third-order valence-electron chi connectivity index (χ3n) is 20.9. The molecule has 4 aliphatic heterocycles. The summed E-state index contributed by atoms with van der Waals surface area (Å²) in [6.45, 7) is 28.0. The van der Waals surface area contributed by atoms with Crippen LogP contribution in [-0.4, -0.2) is 173 Å². The quantitative estimate of drug-likeness (QED) is 0.0294. The van der Waals surface area contributed by atoms with Crippen LogP contribution >= 0.6 is 34.0 Å². The number of ether oxygens (including phenoxy) is 2. The Morgan fingerprint density at radius 1 is 0.564 bits per heavy atom. The van der Waals surface area contributed by atoms with Crippen LogP contribution in [0, 0.1) is 36.0 Å². The van der Waals surface area contributed by atoms with Gasteiger partial charge < -0.3 is 60.8 Å². The van der Waals surface area contributed by atoms with Crippen LogP contribution in [-0.2, 0) is 75.7 Å². The molecule has 4 aliphatic rings. The zero-order valence-corrected chi connectivity index (χ0v) is 68.0. The number of fused-ring (bicyclic) bond motifs is 1. The molecule has 7 heterocycles. The summed E-state index contributed by atoms with van der Waals surface area (Å²) in [5.41, 5.74) is 12.3. The molecule has 4 aromatic carbocycles. The summed E-state index contributed by atoms with van der Waals surface area (Å²) in [5, 5.41) is 25.9. The van der Waals surface area contributed by atoms with Gasteiger partial charge in [-0.25, -0.2) is 15.0 Å². The minimum atomic E-state index is -1.12. The van der Waals surface area contributed by atoms with Gasteiger partial charge in [-0.05, 0) is 95.0 Å². The number of aliphatic hydroxyl groups is 1. The summed E-state index contributed by atoms with van der Waals surface area (Å²) in [6, 6.07) is 22.4. The van der Waals surface area contributed by atoms with Gasteiger partial charge in [0.05, 0.1) is 79.5 Å². The first kappa shape index (κ1) is 81.7. The summed E-state index contributed by atoms with van der Waals surface area (Å²) in [7, 11) is 0. The van der Waals surface area contributed by atoms with Crippen LogP contribution in [0.5, 0.6) is 5.75 Å². The molecule has 0 radical (unpaired) electrons. The molecule has 3 fully saturated rings. The van der Waals surface area contributed by atoms with Gasteiger partial charge in [0.1, 0.15) is 48.1 Å². The Morgan fingerprint density at radius 3 is 1.48 bits per heavy atom. The van der Waals surface area contributed by atoms with E-state index in [9.17, 15) is 38.7 Å². The zero-order chi connectivity index (χ0) is 79.4. The minimum Gasteiger partial charge on any atom is -0.488 e. The third-order valence-corrected chi connectivity index (χ3v) is 23.8. The van der Waals surface area contributed by atoms with E-state index in [1.54, 1.807) is 112 Å². The normalized spacial score (nSPS) is 19.8. The number of hydrogen-bond acceptors (Lipinski definition) is 18. The number of carbonyl (C=O) groups excluding carboxylic acids is 9. The van der Waals surface area contributed by atoms with Crippen molar-refractivity contribution in [2.75, 3.05) is 19.6 Å². The highest BCUT2D eigenvalue weighted by Crippen LogP contribution is 2.38. The SMILES string of the molecule is CCc1ncsc1-c1ccc(CNC(=O)[C@@H]2C[C@@H](OC(C)CC(=O)N[C@H](C(=O)N3C[C@H](O)C[C@H]3C(=O)NCc3ccc(-c4scnc4C)cc3)C(C)(C)C)CN2C(=O)[C@H](C(C)C)N2Cc3ccc(O[C@@H]4C[C@@H](C(=O)NCc5ccc(-c6scnc6C)cc5)N(C(=O)[C@@H](NC(=O)C(C)(C)C)C(C)(C)C)C4)cc3C2=O)cc1. The van der Waals surface area contributed by atoms with Crippen molar-refractivity contribution in [2.24, 2.45) is 22.2 Å². The number of aryl methyl sites for hydroxylation is 3. The van der Waals surface area contributed by atoms with Gasteiger partial charge in [-0.2, -0.15) is 0 Å².